The highest BCUT2D eigenvalue weighted by Gasteiger charge is 2.25. The van der Waals surface area contributed by atoms with Crippen molar-refractivity contribution >= 4 is 28.7 Å². The maximum Gasteiger partial charge on any atom is 0.233 e. The smallest absolute Gasteiger partial charge is 0.233 e. The van der Waals surface area contributed by atoms with Crippen LogP contribution in [0, 0.1) is 23.2 Å². The number of rotatable bonds is 5. The van der Waals surface area contributed by atoms with Gasteiger partial charge in [0.2, 0.25) is 5.91 Å². The van der Waals surface area contributed by atoms with E-state index >= 15 is 0 Å². The molecule has 2 atom stereocenters. The summed E-state index contributed by atoms with van der Waals surface area (Å²) in [4.78, 5) is 19.3. The molecule has 1 saturated heterocycles. The molecule has 1 aromatic carbocycles. The highest BCUT2D eigenvalue weighted by molar-refractivity contribution is 7.99. The first-order valence-electron chi connectivity index (χ1n) is 8.81. The standard InChI is InChI=1S/C19H24N4OS/c1-14-10-15(2)12-22(11-14)18(24)13-25-19-21-16-6-3-4-7-17(16)23(19)9-5-8-20/h3-4,6-7,14-15H,5,9-13H2,1-2H3. The normalized spacial score (nSPS) is 20.6. The molecule has 0 spiro atoms. The minimum Gasteiger partial charge on any atom is -0.341 e. The molecule has 1 aliphatic heterocycles. The van der Waals surface area contributed by atoms with Gasteiger partial charge < -0.3 is 9.47 Å². The molecule has 1 aromatic heterocycles. The Labute approximate surface area is 153 Å². The van der Waals surface area contributed by atoms with Crippen molar-refractivity contribution < 1.29 is 4.79 Å². The SMILES string of the molecule is CC1CC(C)CN(C(=O)CSc2nc3ccccc3n2CCC#N)C1. The van der Waals surface area contributed by atoms with E-state index in [0.717, 1.165) is 29.3 Å². The van der Waals surface area contributed by atoms with Gasteiger partial charge in [-0.25, -0.2) is 4.98 Å². The summed E-state index contributed by atoms with van der Waals surface area (Å²) in [5, 5.41) is 9.74. The van der Waals surface area contributed by atoms with Gasteiger partial charge in [-0.3, -0.25) is 4.79 Å². The fourth-order valence-electron chi connectivity index (χ4n) is 3.63. The second kappa shape index (κ2) is 7.92. The molecule has 25 heavy (non-hydrogen) atoms. The molecule has 1 amide bonds. The first kappa shape index (κ1) is 17.8. The van der Waals surface area contributed by atoms with Crippen LogP contribution in [-0.4, -0.2) is 39.2 Å². The number of piperidine rings is 1. The number of carbonyl (C=O) groups is 1. The van der Waals surface area contributed by atoms with Gasteiger partial charge in [0, 0.05) is 19.6 Å². The Balaban J connectivity index is 1.72. The van der Waals surface area contributed by atoms with Crippen molar-refractivity contribution in [3.8, 4) is 6.07 Å². The van der Waals surface area contributed by atoms with Gasteiger partial charge in [-0.1, -0.05) is 37.7 Å². The summed E-state index contributed by atoms with van der Waals surface area (Å²) in [6.45, 7) is 6.74. The molecule has 5 nitrogen and oxygen atoms in total. The van der Waals surface area contributed by atoms with E-state index in [-0.39, 0.29) is 5.91 Å². The van der Waals surface area contributed by atoms with E-state index in [1.54, 1.807) is 0 Å². The van der Waals surface area contributed by atoms with E-state index < -0.39 is 0 Å². The number of carbonyl (C=O) groups excluding carboxylic acids is 1. The Bertz CT molecular complexity index is 784. The molecule has 132 valence electrons. The molecule has 2 heterocycles. The van der Waals surface area contributed by atoms with Crippen LogP contribution in [-0.2, 0) is 11.3 Å². The van der Waals surface area contributed by atoms with Crippen LogP contribution < -0.4 is 0 Å². The molecule has 1 fully saturated rings. The largest absolute Gasteiger partial charge is 0.341 e. The van der Waals surface area contributed by atoms with Crippen molar-refractivity contribution in [2.75, 3.05) is 18.8 Å². The lowest BCUT2D eigenvalue weighted by molar-refractivity contribution is -0.130. The van der Waals surface area contributed by atoms with Crippen LogP contribution in [0.1, 0.15) is 26.7 Å². The number of thioether (sulfide) groups is 1. The van der Waals surface area contributed by atoms with Crippen LogP contribution in [0.3, 0.4) is 0 Å². The van der Waals surface area contributed by atoms with E-state index in [9.17, 15) is 4.79 Å². The monoisotopic (exact) mass is 356 g/mol. The van der Waals surface area contributed by atoms with E-state index in [1.165, 1.54) is 18.2 Å². The molecular weight excluding hydrogens is 332 g/mol. The summed E-state index contributed by atoms with van der Waals surface area (Å²) in [5.41, 5.74) is 1.93. The van der Waals surface area contributed by atoms with Crippen molar-refractivity contribution in [2.45, 2.75) is 38.4 Å². The van der Waals surface area contributed by atoms with Gasteiger partial charge >= 0.3 is 0 Å². The van der Waals surface area contributed by atoms with E-state index in [0.29, 0.717) is 30.6 Å². The lowest BCUT2D eigenvalue weighted by Crippen LogP contribution is -2.43. The van der Waals surface area contributed by atoms with Crippen molar-refractivity contribution in [1.29, 1.82) is 5.26 Å². The minimum absolute atomic E-state index is 0.183. The quantitative estimate of drug-likeness (QED) is 0.769. The third-order valence-electron chi connectivity index (χ3n) is 4.61. The van der Waals surface area contributed by atoms with Gasteiger partial charge in [0.15, 0.2) is 5.16 Å². The maximum atomic E-state index is 12.6. The molecule has 2 unspecified atom stereocenters. The lowest BCUT2D eigenvalue weighted by atomic mass is 9.92. The predicted molar refractivity (Wildman–Crippen MR) is 100 cm³/mol. The number of benzene rings is 1. The number of imidazole rings is 1. The number of amides is 1. The van der Waals surface area contributed by atoms with Crippen molar-refractivity contribution in [3.63, 3.8) is 0 Å². The van der Waals surface area contributed by atoms with Crippen LogP contribution in [0.4, 0.5) is 0 Å². The van der Waals surface area contributed by atoms with Crippen molar-refractivity contribution in [1.82, 2.24) is 14.5 Å². The van der Waals surface area contributed by atoms with E-state index in [2.05, 4.69) is 29.5 Å². The Morgan fingerprint density at radius 1 is 1.32 bits per heavy atom. The number of likely N-dealkylation sites (tertiary alicyclic amines) is 1. The second-order valence-electron chi connectivity index (χ2n) is 6.98. The molecule has 0 saturated carbocycles. The van der Waals surface area contributed by atoms with Gasteiger partial charge in [-0.05, 0) is 30.4 Å². The van der Waals surface area contributed by atoms with Crippen LogP contribution in [0.15, 0.2) is 29.4 Å². The maximum absolute atomic E-state index is 12.6. The summed E-state index contributed by atoms with van der Waals surface area (Å²) in [7, 11) is 0. The Morgan fingerprint density at radius 3 is 2.76 bits per heavy atom. The van der Waals surface area contributed by atoms with Gasteiger partial charge in [0.1, 0.15) is 0 Å². The molecular formula is C19H24N4OS. The van der Waals surface area contributed by atoms with Gasteiger partial charge in [-0.15, -0.1) is 0 Å². The van der Waals surface area contributed by atoms with Crippen LogP contribution >= 0.6 is 11.8 Å². The van der Waals surface area contributed by atoms with Crippen LogP contribution in [0.25, 0.3) is 11.0 Å². The van der Waals surface area contributed by atoms with Crippen molar-refractivity contribution in [2.24, 2.45) is 11.8 Å². The fourth-order valence-corrected chi connectivity index (χ4v) is 4.57. The molecule has 0 N–H and O–H groups in total. The number of nitrogens with zero attached hydrogens (tertiary/aromatic N) is 4. The minimum atomic E-state index is 0.183. The number of hydrogen-bond donors (Lipinski definition) is 0. The molecule has 1 aliphatic rings. The zero-order valence-electron chi connectivity index (χ0n) is 14.8. The molecule has 0 aliphatic carbocycles. The average molecular weight is 356 g/mol. The zero-order valence-corrected chi connectivity index (χ0v) is 15.6. The average Bonchev–Trinajstić information content (AvgIpc) is 2.94. The highest BCUT2D eigenvalue weighted by atomic mass is 32.2. The first-order valence-corrected chi connectivity index (χ1v) is 9.79. The number of fused-ring (bicyclic) bond motifs is 1. The van der Waals surface area contributed by atoms with Gasteiger partial charge in [0.25, 0.3) is 0 Å². The summed E-state index contributed by atoms with van der Waals surface area (Å²) >= 11 is 1.48. The Morgan fingerprint density at radius 2 is 2.04 bits per heavy atom. The van der Waals surface area contributed by atoms with Crippen LogP contribution in [0.2, 0.25) is 0 Å². The van der Waals surface area contributed by atoms with Crippen molar-refractivity contribution in [3.05, 3.63) is 24.3 Å². The van der Waals surface area contributed by atoms with E-state index in [1.807, 2.05) is 29.2 Å². The molecule has 0 radical (unpaired) electrons. The van der Waals surface area contributed by atoms with Gasteiger partial charge in [0.05, 0.1) is 29.3 Å². The molecule has 3 rings (SSSR count). The molecule has 2 aromatic rings. The number of nitriles is 1. The highest BCUT2D eigenvalue weighted by Crippen LogP contribution is 2.26. The molecule has 6 heteroatoms. The second-order valence-corrected chi connectivity index (χ2v) is 7.92. The predicted octanol–water partition coefficient (Wildman–Crippen LogP) is 3.55. The number of hydrogen-bond acceptors (Lipinski definition) is 4. The summed E-state index contributed by atoms with van der Waals surface area (Å²) in [5.74, 6) is 1.72. The Kier molecular flexibility index (Phi) is 5.64. The number of aromatic nitrogens is 2. The topological polar surface area (TPSA) is 61.9 Å². The zero-order chi connectivity index (χ0) is 17.8. The Hall–Kier alpha value is -2.00. The first-order chi connectivity index (χ1) is 12.1. The number of aryl methyl sites for hydroxylation is 1. The summed E-state index contributed by atoms with van der Waals surface area (Å²) in [6, 6.07) is 10.1. The summed E-state index contributed by atoms with van der Waals surface area (Å²) < 4.78 is 2.05. The van der Waals surface area contributed by atoms with Gasteiger partial charge in [-0.2, -0.15) is 5.26 Å². The lowest BCUT2D eigenvalue weighted by Gasteiger charge is -2.35. The van der Waals surface area contributed by atoms with Crippen LogP contribution in [0.5, 0.6) is 0 Å². The number of para-hydroxylation sites is 2. The van der Waals surface area contributed by atoms with E-state index in [4.69, 9.17) is 5.26 Å². The third kappa shape index (κ3) is 4.16. The fraction of sp³-hybridized carbons (Fsp3) is 0.526. The third-order valence-corrected chi connectivity index (χ3v) is 5.57. The molecule has 0 bridgehead atoms. The summed E-state index contributed by atoms with van der Waals surface area (Å²) in [6.07, 6.45) is 1.63.